The van der Waals surface area contributed by atoms with E-state index >= 15 is 0 Å². The number of aromatic nitrogens is 1. The minimum atomic E-state index is -0.382. The van der Waals surface area contributed by atoms with Gasteiger partial charge in [0.15, 0.2) is 0 Å². The van der Waals surface area contributed by atoms with Gasteiger partial charge in [-0.25, -0.2) is 4.39 Å². The fourth-order valence-electron chi connectivity index (χ4n) is 1.86. The van der Waals surface area contributed by atoms with E-state index in [1.807, 2.05) is 32.2 Å². The van der Waals surface area contributed by atoms with Crippen molar-refractivity contribution in [1.29, 1.82) is 0 Å². The predicted octanol–water partition coefficient (Wildman–Crippen LogP) is 4.03. The van der Waals surface area contributed by atoms with Gasteiger partial charge in [0.25, 0.3) is 0 Å². The highest BCUT2D eigenvalue weighted by atomic mass is 35.5. The van der Waals surface area contributed by atoms with Crippen molar-refractivity contribution in [3.63, 3.8) is 0 Å². The third-order valence-corrected chi connectivity index (χ3v) is 3.49. The van der Waals surface area contributed by atoms with Crippen LogP contribution in [0.25, 0.3) is 0 Å². The number of hydrogen-bond donors (Lipinski definition) is 1. The highest BCUT2D eigenvalue weighted by molar-refractivity contribution is 6.30. The monoisotopic (exact) mass is 278 g/mol. The van der Waals surface area contributed by atoms with Gasteiger partial charge in [0.2, 0.25) is 0 Å². The van der Waals surface area contributed by atoms with Gasteiger partial charge in [-0.1, -0.05) is 17.7 Å². The first kappa shape index (κ1) is 14.0. The molecule has 0 saturated carbocycles. The molecule has 0 aliphatic carbocycles. The third-order valence-electron chi connectivity index (χ3n) is 3.18. The molecule has 0 radical (unpaired) electrons. The number of halogens is 2. The van der Waals surface area contributed by atoms with Crippen molar-refractivity contribution in [1.82, 2.24) is 10.3 Å². The molecule has 0 fully saturated rings. The van der Waals surface area contributed by atoms with E-state index in [-0.39, 0.29) is 16.9 Å². The zero-order chi connectivity index (χ0) is 13.8. The molecular formula is C15H16ClFN2. The normalized spacial score (nSPS) is 12.4. The molecule has 2 nitrogen and oxygen atoms in total. The number of aryl methyl sites for hydroxylation is 1. The first-order chi connectivity index (χ1) is 9.08. The summed E-state index contributed by atoms with van der Waals surface area (Å²) in [6, 6.07) is 6.93. The average molecular weight is 279 g/mol. The van der Waals surface area contributed by atoms with Gasteiger partial charge in [0.1, 0.15) is 5.82 Å². The lowest BCUT2D eigenvalue weighted by Gasteiger charge is -2.15. The number of pyridine rings is 1. The van der Waals surface area contributed by atoms with Gasteiger partial charge in [-0.2, -0.15) is 0 Å². The lowest BCUT2D eigenvalue weighted by molar-refractivity contribution is 0.564. The lowest BCUT2D eigenvalue weighted by Crippen LogP contribution is -2.18. The molecule has 1 atom stereocenters. The van der Waals surface area contributed by atoms with Crippen molar-refractivity contribution in [3.05, 3.63) is 64.2 Å². The summed E-state index contributed by atoms with van der Waals surface area (Å²) in [6.45, 7) is 4.75. The molecule has 1 unspecified atom stereocenters. The molecule has 2 aromatic rings. The van der Waals surface area contributed by atoms with E-state index in [0.29, 0.717) is 0 Å². The molecule has 2 rings (SSSR count). The fraction of sp³-hybridized carbons (Fsp3) is 0.267. The Labute approximate surface area is 117 Å². The Morgan fingerprint density at radius 3 is 2.84 bits per heavy atom. The van der Waals surface area contributed by atoms with E-state index in [0.717, 1.165) is 17.7 Å². The Kier molecular flexibility index (Phi) is 4.51. The predicted molar refractivity (Wildman–Crippen MR) is 75.6 cm³/mol. The van der Waals surface area contributed by atoms with Crippen LogP contribution in [-0.2, 0) is 6.54 Å². The molecule has 0 saturated heterocycles. The summed E-state index contributed by atoms with van der Waals surface area (Å²) in [7, 11) is 0. The molecule has 100 valence electrons. The van der Waals surface area contributed by atoms with E-state index in [1.165, 1.54) is 11.6 Å². The van der Waals surface area contributed by atoms with E-state index in [1.54, 1.807) is 12.3 Å². The molecule has 0 amide bonds. The van der Waals surface area contributed by atoms with Crippen LogP contribution in [0.15, 0.2) is 36.7 Å². The number of hydrogen-bond acceptors (Lipinski definition) is 2. The van der Waals surface area contributed by atoms with E-state index in [2.05, 4.69) is 10.3 Å². The smallest absolute Gasteiger partial charge is 0.142 e. The Bertz CT molecular complexity index is 572. The second-order valence-corrected chi connectivity index (χ2v) is 4.99. The molecule has 0 bridgehead atoms. The summed E-state index contributed by atoms with van der Waals surface area (Å²) in [4.78, 5) is 4.06. The summed E-state index contributed by atoms with van der Waals surface area (Å²) < 4.78 is 13.4. The van der Waals surface area contributed by atoms with E-state index in [9.17, 15) is 4.39 Å². The fourth-order valence-corrected chi connectivity index (χ4v) is 1.98. The molecule has 1 aromatic carbocycles. The molecule has 4 heteroatoms. The first-order valence-electron chi connectivity index (χ1n) is 6.15. The minimum Gasteiger partial charge on any atom is -0.306 e. The van der Waals surface area contributed by atoms with E-state index in [4.69, 9.17) is 11.6 Å². The number of rotatable bonds is 4. The molecule has 1 N–H and O–H groups in total. The van der Waals surface area contributed by atoms with Crippen LogP contribution in [0.4, 0.5) is 4.39 Å². The summed E-state index contributed by atoms with van der Waals surface area (Å²) in [5.41, 5.74) is 3.22. The van der Waals surface area contributed by atoms with Crippen molar-refractivity contribution in [2.24, 2.45) is 0 Å². The van der Waals surface area contributed by atoms with Crippen LogP contribution in [0.1, 0.15) is 29.7 Å². The van der Waals surface area contributed by atoms with Gasteiger partial charge >= 0.3 is 0 Å². The second kappa shape index (κ2) is 6.13. The molecule has 0 aliphatic heterocycles. The standard InChI is InChI=1S/C15H16ClFN2/c1-10-8-18-6-5-13(10)9-19-11(2)12-3-4-14(16)15(17)7-12/h3-8,11,19H,9H2,1-2H3. The SMILES string of the molecule is Cc1cnccc1CNC(C)c1ccc(Cl)c(F)c1. The zero-order valence-corrected chi connectivity index (χ0v) is 11.7. The van der Waals surface area contributed by atoms with Crippen LogP contribution >= 0.6 is 11.6 Å². The molecule has 1 aromatic heterocycles. The van der Waals surface area contributed by atoms with Gasteiger partial charge in [-0.15, -0.1) is 0 Å². The quantitative estimate of drug-likeness (QED) is 0.913. The highest BCUT2D eigenvalue weighted by Crippen LogP contribution is 2.20. The minimum absolute atomic E-state index is 0.0549. The molecule has 0 aliphatic rings. The van der Waals surface area contributed by atoms with Gasteiger partial charge in [0.05, 0.1) is 5.02 Å². The number of benzene rings is 1. The highest BCUT2D eigenvalue weighted by Gasteiger charge is 2.08. The Balaban J connectivity index is 2.03. The van der Waals surface area contributed by atoms with Crippen LogP contribution in [0.2, 0.25) is 5.02 Å². The first-order valence-corrected chi connectivity index (χ1v) is 6.53. The van der Waals surface area contributed by atoms with E-state index < -0.39 is 0 Å². The maximum absolute atomic E-state index is 13.4. The third kappa shape index (κ3) is 3.52. The Hall–Kier alpha value is -1.45. The Morgan fingerprint density at radius 2 is 2.16 bits per heavy atom. The maximum atomic E-state index is 13.4. The molecular weight excluding hydrogens is 263 g/mol. The van der Waals surface area contributed by atoms with Crippen molar-refractivity contribution < 1.29 is 4.39 Å². The van der Waals surface area contributed by atoms with Crippen LogP contribution in [-0.4, -0.2) is 4.98 Å². The summed E-state index contributed by atoms with van der Waals surface area (Å²) in [5.74, 6) is -0.382. The number of nitrogens with one attached hydrogen (secondary N) is 1. The van der Waals surface area contributed by atoms with Gasteiger partial charge in [-0.3, -0.25) is 4.98 Å². The number of nitrogens with zero attached hydrogens (tertiary/aromatic N) is 1. The lowest BCUT2D eigenvalue weighted by atomic mass is 10.1. The summed E-state index contributed by atoms with van der Waals surface area (Å²) >= 11 is 5.68. The van der Waals surface area contributed by atoms with Crippen molar-refractivity contribution in [3.8, 4) is 0 Å². The van der Waals surface area contributed by atoms with Gasteiger partial charge < -0.3 is 5.32 Å². The average Bonchev–Trinajstić information content (AvgIpc) is 2.40. The van der Waals surface area contributed by atoms with Crippen LogP contribution in [0.5, 0.6) is 0 Å². The topological polar surface area (TPSA) is 24.9 Å². The van der Waals surface area contributed by atoms with Gasteiger partial charge in [0, 0.05) is 25.0 Å². The van der Waals surface area contributed by atoms with Crippen LogP contribution in [0.3, 0.4) is 0 Å². The molecule has 0 spiro atoms. The largest absolute Gasteiger partial charge is 0.306 e. The zero-order valence-electron chi connectivity index (χ0n) is 11.0. The molecule has 1 heterocycles. The van der Waals surface area contributed by atoms with Crippen molar-refractivity contribution >= 4 is 11.6 Å². The summed E-state index contributed by atoms with van der Waals surface area (Å²) in [6.07, 6.45) is 3.61. The van der Waals surface area contributed by atoms with Crippen LogP contribution in [0, 0.1) is 12.7 Å². The summed E-state index contributed by atoms with van der Waals surface area (Å²) in [5, 5.41) is 3.52. The van der Waals surface area contributed by atoms with Crippen molar-refractivity contribution in [2.45, 2.75) is 26.4 Å². The van der Waals surface area contributed by atoms with Crippen LogP contribution < -0.4 is 5.32 Å². The van der Waals surface area contributed by atoms with Gasteiger partial charge in [-0.05, 0) is 48.7 Å². The maximum Gasteiger partial charge on any atom is 0.142 e. The van der Waals surface area contributed by atoms with Crippen molar-refractivity contribution in [2.75, 3.05) is 0 Å². The second-order valence-electron chi connectivity index (χ2n) is 4.58. The Morgan fingerprint density at radius 1 is 1.37 bits per heavy atom. The molecule has 19 heavy (non-hydrogen) atoms.